The van der Waals surface area contributed by atoms with Crippen molar-refractivity contribution in [3.63, 3.8) is 0 Å². The molecule has 2 atom stereocenters. The first-order chi connectivity index (χ1) is 17.1. The van der Waals surface area contributed by atoms with Gasteiger partial charge in [-0.1, -0.05) is 18.2 Å². The summed E-state index contributed by atoms with van der Waals surface area (Å²) in [5.74, 6) is 3.47. The number of piperidine rings is 1. The van der Waals surface area contributed by atoms with Gasteiger partial charge in [-0.25, -0.2) is 4.39 Å². The van der Waals surface area contributed by atoms with Crippen LogP contribution in [0.4, 0.5) is 27.7 Å². The Kier molecular flexibility index (Phi) is 5.92. The number of H-pyrrole nitrogens is 1. The van der Waals surface area contributed by atoms with Gasteiger partial charge in [0.05, 0.1) is 0 Å². The molecule has 3 aromatic rings. The summed E-state index contributed by atoms with van der Waals surface area (Å²) in [5.41, 5.74) is 5.01. The van der Waals surface area contributed by atoms with Gasteiger partial charge < -0.3 is 20.1 Å². The maximum Gasteiger partial charge on any atom is 0.229 e. The maximum absolute atomic E-state index is 13.8. The number of benzene rings is 1. The van der Waals surface area contributed by atoms with Crippen LogP contribution in [-0.2, 0) is 12.8 Å². The van der Waals surface area contributed by atoms with Crippen LogP contribution in [0.5, 0.6) is 0 Å². The van der Waals surface area contributed by atoms with E-state index in [0.29, 0.717) is 23.4 Å². The van der Waals surface area contributed by atoms with Crippen LogP contribution < -0.4 is 15.1 Å². The van der Waals surface area contributed by atoms with Gasteiger partial charge in [0.1, 0.15) is 17.5 Å². The predicted octanol–water partition coefficient (Wildman–Crippen LogP) is 5.57. The van der Waals surface area contributed by atoms with E-state index < -0.39 is 0 Å². The molecule has 2 fully saturated rings. The number of aromatic amines is 1. The zero-order valence-corrected chi connectivity index (χ0v) is 20.3. The molecule has 2 aromatic heterocycles. The number of halogens is 1. The molecule has 1 aromatic carbocycles. The number of rotatable bonds is 7. The molecular weight excluding hydrogens is 439 g/mol. The molecule has 2 unspecified atom stereocenters. The minimum atomic E-state index is -0.268. The molecule has 35 heavy (non-hydrogen) atoms. The number of aromatic nitrogens is 3. The molecule has 1 saturated carbocycles. The molecule has 2 N–H and O–H groups in total. The molecule has 6 rings (SSSR count). The summed E-state index contributed by atoms with van der Waals surface area (Å²) in [7, 11) is 2.06. The summed E-state index contributed by atoms with van der Waals surface area (Å²) in [6, 6.07) is 8.48. The van der Waals surface area contributed by atoms with Crippen molar-refractivity contribution < 1.29 is 4.39 Å². The highest BCUT2D eigenvalue weighted by molar-refractivity contribution is 5.62. The Bertz CT molecular complexity index is 1230. The van der Waals surface area contributed by atoms with Gasteiger partial charge in [0.15, 0.2) is 0 Å². The van der Waals surface area contributed by atoms with Crippen molar-refractivity contribution in [2.45, 2.75) is 44.4 Å². The molecule has 6 nitrogen and oxygen atoms in total. The van der Waals surface area contributed by atoms with E-state index in [-0.39, 0.29) is 5.82 Å². The van der Waals surface area contributed by atoms with E-state index in [1.54, 1.807) is 6.07 Å². The molecular formula is C28H33FN6. The number of nitrogens with one attached hydrogen (secondary N) is 2. The Morgan fingerprint density at radius 1 is 1.17 bits per heavy atom. The van der Waals surface area contributed by atoms with Gasteiger partial charge in [-0.15, -0.1) is 0 Å². The Labute approximate surface area is 206 Å². The first-order valence-corrected chi connectivity index (χ1v) is 12.9. The van der Waals surface area contributed by atoms with Gasteiger partial charge in [-0.2, -0.15) is 9.97 Å². The topological polar surface area (TPSA) is 60.1 Å². The molecule has 3 aliphatic rings. The predicted molar refractivity (Wildman–Crippen MR) is 139 cm³/mol. The molecule has 0 radical (unpaired) electrons. The van der Waals surface area contributed by atoms with Crippen LogP contribution in [0.2, 0.25) is 0 Å². The van der Waals surface area contributed by atoms with Crippen LogP contribution in [0.15, 0.2) is 48.7 Å². The van der Waals surface area contributed by atoms with Crippen molar-refractivity contribution >= 4 is 23.3 Å². The van der Waals surface area contributed by atoms with Gasteiger partial charge in [0.25, 0.3) is 0 Å². The Morgan fingerprint density at radius 3 is 2.91 bits per heavy atom. The standard InChI is InChI=1S/C28H33FN6/c1-34(14-11-20-18-30-27-23(20)10-5-7-19-15-24(19)27)28-32-25(31-22-9-6-8-21(29)16-22)17-26(33-28)35-12-3-2-4-13-35/h5-9,16-19,24,30H,2-4,10-15H2,1H3,(H,31,32,33). The molecule has 1 aliphatic heterocycles. The van der Waals surface area contributed by atoms with Crippen molar-refractivity contribution in [1.82, 2.24) is 15.0 Å². The second kappa shape index (κ2) is 9.36. The zero-order chi connectivity index (χ0) is 23.8. The third-order valence-corrected chi connectivity index (χ3v) is 7.57. The third-order valence-electron chi connectivity index (χ3n) is 7.57. The largest absolute Gasteiger partial charge is 0.364 e. The molecule has 0 amide bonds. The average molecular weight is 473 g/mol. The van der Waals surface area contributed by atoms with Gasteiger partial charge in [-0.3, -0.25) is 0 Å². The summed E-state index contributed by atoms with van der Waals surface area (Å²) in [5, 5.41) is 3.29. The van der Waals surface area contributed by atoms with E-state index >= 15 is 0 Å². The fraction of sp³-hybridized carbons (Fsp3) is 0.429. The monoisotopic (exact) mass is 472 g/mol. The number of nitrogens with zero attached hydrogens (tertiary/aromatic N) is 4. The van der Waals surface area contributed by atoms with Crippen LogP contribution in [0.1, 0.15) is 48.4 Å². The van der Waals surface area contributed by atoms with Crippen LogP contribution in [-0.4, -0.2) is 41.6 Å². The molecule has 1 saturated heterocycles. The maximum atomic E-state index is 13.8. The van der Waals surface area contributed by atoms with Gasteiger partial charge in [0, 0.05) is 56.2 Å². The third kappa shape index (κ3) is 4.77. The smallest absolute Gasteiger partial charge is 0.229 e. The quantitative estimate of drug-likeness (QED) is 0.440. The van der Waals surface area contributed by atoms with Crippen molar-refractivity contribution in [1.29, 1.82) is 0 Å². The fourth-order valence-electron chi connectivity index (χ4n) is 5.47. The molecule has 0 spiro atoms. The van der Waals surface area contributed by atoms with Crippen LogP contribution in [0.25, 0.3) is 0 Å². The van der Waals surface area contributed by atoms with E-state index in [1.165, 1.54) is 54.6 Å². The number of hydrogen-bond acceptors (Lipinski definition) is 5. The number of fused-ring (bicyclic) bond motifs is 3. The highest BCUT2D eigenvalue weighted by atomic mass is 19.1. The van der Waals surface area contributed by atoms with Crippen molar-refractivity contribution in [3.05, 3.63) is 71.3 Å². The van der Waals surface area contributed by atoms with E-state index in [9.17, 15) is 4.39 Å². The van der Waals surface area contributed by atoms with Crippen molar-refractivity contribution in [2.24, 2.45) is 5.92 Å². The van der Waals surface area contributed by atoms with E-state index in [1.807, 2.05) is 12.1 Å². The lowest BCUT2D eigenvalue weighted by molar-refractivity contribution is 0.573. The summed E-state index contributed by atoms with van der Waals surface area (Å²) in [6.07, 6.45) is 13.8. The first kappa shape index (κ1) is 22.1. The fourth-order valence-corrected chi connectivity index (χ4v) is 5.47. The molecule has 0 bridgehead atoms. The molecule has 3 heterocycles. The number of likely N-dealkylation sites (N-methyl/N-ethyl adjacent to an activating group) is 1. The lowest BCUT2D eigenvalue weighted by Crippen LogP contribution is -2.31. The minimum absolute atomic E-state index is 0.268. The summed E-state index contributed by atoms with van der Waals surface area (Å²) in [4.78, 5) is 17.8. The van der Waals surface area contributed by atoms with Gasteiger partial charge in [0.2, 0.25) is 5.95 Å². The Hall–Kier alpha value is -3.35. The second-order valence-electron chi connectivity index (χ2n) is 10.1. The van der Waals surface area contributed by atoms with Crippen molar-refractivity contribution in [3.8, 4) is 0 Å². The highest BCUT2D eigenvalue weighted by Gasteiger charge is 2.40. The zero-order valence-electron chi connectivity index (χ0n) is 20.3. The van der Waals surface area contributed by atoms with Crippen LogP contribution in [0.3, 0.4) is 0 Å². The number of allylic oxidation sites excluding steroid dienone is 2. The van der Waals surface area contributed by atoms with Crippen LogP contribution >= 0.6 is 0 Å². The minimum Gasteiger partial charge on any atom is -0.364 e. The highest BCUT2D eigenvalue weighted by Crippen LogP contribution is 2.51. The molecule has 7 heteroatoms. The Morgan fingerprint density at radius 2 is 2.06 bits per heavy atom. The first-order valence-electron chi connectivity index (χ1n) is 12.9. The summed E-state index contributed by atoms with van der Waals surface area (Å²) < 4.78 is 13.8. The van der Waals surface area contributed by atoms with E-state index in [0.717, 1.165) is 44.2 Å². The van der Waals surface area contributed by atoms with Crippen LogP contribution in [0, 0.1) is 11.7 Å². The lowest BCUT2D eigenvalue weighted by Gasteiger charge is -2.29. The van der Waals surface area contributed by atoms with E-state index in [4.69, 9.17) is 9.97 Å². The second-order valence-corrected chi connectivity index (χ2v) is 10.1. The number of hydrogen-bond donors (Lipinski definition) is 2. The summed E-state index contributed by atoms with van der Waals surface area (Å²) in [6.45, 7) is 2.83. The molecule has 2 aliphatic carbocycles. The van der Waals surface area contributed by atoms with E-state index in [2.05, 4.69) is 45.5 Å². The lowest BCUT2D eigenvalue weighted by atomic mass is 10.0. The molecule has 182 valence electrons. The van der Waals surface area contributed by atoms with Crippen molar-refractivity contribution in [2.75, 3.05) is 41.8 Å². The summed E-state index contributed by atoms with van der Waals surface area (Å²) >= 11 is 0. The van der Waals surface area contributed by atoms with Gasteiger partial charge >= 0.3 is 0 Å². The number of anilines is 4. The SMILES string of the molecule is CN(CCc1c[nH]c2c1CC=CC1CC21)c1nc(Nc2cccc(F)c2)cc(N2CCCCC2)n1. The Balaban J connectivity index is 1.23. The normalized spacial score (nSPS) is 20.7. The van der Waals surface area contributed by atoms with Gasteiger partial charge in [-0.05, 0) is 73.8 Å². The average Bonchev–Trinajstić information content (AvgIpc) is 3.56.